The molecule has 0 atom stereocenters. The van der Waals surface area contributed by atoms with Crippen LogP contribution in [0.1, 0.15) is 38.1 Å². The summed E-state index contributed by atoms with van der Waals surface area (Å²) in [4.78, 5) is 29.6. The lowest BCUT2D eigenvalue weighted by Crippen LogP contribution is -2.16. The normalized spacial score (nSPS) is 11.1. The molecule has 39 heavy (non-hydrogen) atoms. The van der Waals surface area contributed by atoms with E-state index in [1.54, 1.807) is 67.8 Å². The largest absolute Gasteiger partial charge is 0.497 e. The number of nitrogens with zero attached hydrogens (tertiary/aromatic N) is 1. The number of methoxy groups -OCH3 is 1. The Morgan fingerprint density at radius 3 is 2.54 bits per heavy atom. The Balaban J connectivity index is 1.47. The van der Waals surface area contributed by atoms with Crippen molar-refractivity contribution in [2.24, 2.45) is 5.73 Å². The molecular formula is C28H21F2N3O5S. The number of carbonyl (C=O) groups is 2. The van der Waals surface area contributed by atoms with E-state index in [4.69, 9.17) is 19.6 Å². The van der Waals surface area contributed by atoms with Crippen molar-refractivity contribution in [1.82, 2.24) is 4.98 Å². The van der Waals surface area contributed by atoms with Crippen molar-refractivity contribution in [3.05, 3.63) is 94.9 Å². The third-order valence-electron chi connectivity index (χ3n) is 5.76. The Hall–Kier alpha value is -4.77. The lowest BCUT2D eigenvalue weighted by atomic mass is 10.0. The number of nitrogens with two attached hydrogens (primary N) is 1. The number of furan rings is 1. The molecule has 3 heterocycles. The lowest BCUT2D eigenvalue weighted by molar-refractivity contribution is 0.0992. The fourth-order valence-corrected chi connectivity index (χ4v) is 4.98. The highest BCUT2D eigenvalue weighted by Crippen LogP contribution is 2.42. The average molecular weight is 550 g/mol. The molecule has 0 aliphatic rings. The molecule has 3 N–H and O–H groups in total. The van der Waals surface area contributed by atoms with Crippen molar-refractivity contribution in [1.29, 1.82) is 0 Å². The number of anilines is 1. The molecule has 0 radical (unpaired) electrons. The van der Waals surface area contributed by atoms with Crippen LogP contribution in [0.2, 0.25) is 0 Å². The molecule has 0 unspecified atom stereocenters. The first-order valence-electron chi connectivity index (χ1n) is 11.6. The number of primary amides is 1. The molecular weight excluding hydrogens is 528 g/mol. The second-order valence-corrected chi connectivity index (χ2v) is 9.30. The van der Waals surface area contributed by atoms with Gasteiger partial charge in [0.05, 0.1) is 12.8 Å². The van der Waals surface area contributed by atoms with E-state index in [-0.39, 0.29) is 27.8 Å². The fourth-order valence-electron chi connectivity index (χ4n) is 3.97. The molecule has 8 nitrogen and oxygen atoms in total. The summed E-state index contributed by atoms with van der Waals surface area (Å²) in [6.45, 7) is 0.0485. The highest BCUT2D eigenvalue weighted by atomic mass is 32.1. The molecule has 0 saturated heterocycles. The number of pyridine rings is 1. The summed E-state index contributed by atoms with van der Waals surface area (Å²) >= 11 is 0.829. The molecule has 0 aliphatic heterocycles. The zero-order chi connectivity index (χ0) is 27.5. The van der Waals surface area contributed by atoms with Gasteiger partial charge in [-0.05, 0) is 41.5 Å². The molecule has 0 aliphatic carbocycles. The van der Waals surface area contributed by atoms with Gasteiger partial charge >= 0.3 is 0 Å². The number of nitrogens with one attached hydrogen (secondary N) is 1. The fraction of sp³-hybridized carbons (Fsp3) is 0.107. The van der Waals surface area contributed by atoms with Gasteiger partial charge in [0.2, 0.25) is 0 Å². The van der Waals surface area contributed by atoms with E-state index in [1.807, 2.05) is 0 Å². The number of benzene rings is 2. The zero-order valence-corrected chi connectivity index (χ0v) is 21.3. The van der Waals surface area contributed by atoms with Gasteiger partial charge in [0.1, 0.15) is 39.3 Å². The van der Waals surface area contributed by atoms with Crippen LogP contribution in [0, 0.1) is 0 Å². The van der Waals surface area contributed by atoms with Gasteiger partial charge in [-0.3, -0.25) is 9.59 Å². The molecule has 11 heteroatoms. The van der Waals surface area contributed by atoms with Crippen molar-refractivity contribution in [3.8, 4) is 22.6 Å². The van der Waals surface area contributed by atoms with Gasteiger partial charge in [-0.25, -0.2) is 13.8 Å². The Bertz CT molecular complexity index is 1670. The molecule has 198 valence electrons. The number of hydrogen-bond acceptors (Lipinski definition) is 7. The molecule has 0 saturated carbocycles. The zero-order valence-electron chi connectivity index (χ0n) is 20.4. The second-order valence-electron chi connectivity index (χ2n) is 8.30. The van der Waals surface area contributed by atoms with E-state index in [9.17, 15) is 18.4 Å². The summed E-state index contributed by atoms with van der Waals surface area (Å²) in [7, 11) is 1.55. The number of rotatable bonds is 9. The van der Waals surface area contributed by atoms with Crippen molar-refractivity contribution in [2.45, 2.75) is 13.0 Å². The van der Waals surface area contributed by atoms with Gasteiger partial charge in [0.15, 0.2) is 5.76 Å². The molecule has 0 spiro atoms. The standard InChI is InChI=1S/C28H21F2N3O5S/c1-36-16-8-5-9-17(12-16)37-14-18-10-11-21(38-18)27(35)33-23-22-19(15-6-3-2-4-7-15)13-20(25(29)30)32-28(22)39-24(23)26(31)34/h2-13,25H,14H2,1H3,(H2,31,34)(H,33,35). The molecule has 0 fully saturated rings. The number of carbonyl (C=O) groups excluding carboxylic acids is 2. The van der Waals surface area contributed by atoms with Crippen molar-refractivity contribution >= 4 is 39.1 Å². The predicted molar refractivity (Wildman–Crippen MR) is 143 cm³/mol. The van der Waals surface area contributed by atoms with Crippen LogP contribution in [0.3, 0.4) is 0 Å². The quantitative estimate of drug-likeness (QED) is 0.219. The van der Waals surface area contributed by atoms with Gasteiger partial charge in [-0.1, -0.05) is 36.4 Å². The molecule has 5 aromatic rings. The minimum atomic E-state index is -2.84. The summed E-state index contributed by atoms with van der Waals surface area (Å²) in [6.07, 6.45) is -2.84. The van der Waals surface area contributed by atoms with Crippen LogP contribution in [0.5, 0.6) is 11.5 Å². The number of aromatic nitrogens is 1. The van der Waals surface area contributed by atoms with Gasteiger partial charge in [-0.15, -0.1) is 11.3 Å². The minimum absolute atomic E-state index is 0.0254. The summed E-state index contributed by atoms with van der Waals surface area (Å²) in [5.41, 5.74) is 6.19. The molecule has 5 rings (SSSR count). The van der Waals surface area contributed by atoms with Crippen molar-refractivity contribution in [3.63, 3.8) is 0 Å². The van der Waals surface area contributed by atoms with Crippen molar-refractivity contribution in [2.75, 3.05) is 12.4 Å². The van der Waals surface area contributed by atoms with Crippen LogP contribution in [0.15, 0.2) is 77.2 Å². The highest BCUT2D eigenvalue weighted by Gasteiger charge is 2.26. The van der Waals surface area contributed by atoms with E-state index >= 15 is 0 Å². The summed E-state index contributed by atoms with van der Waals surface area (Å²) in [6, 6.07) is 20.1. The summed E-state index contributed by atoms with van der Waals surface area (Å²) in [5, 5.41) is 3.01. The second kappa shape index (κ2) is 10.9. The number of halogens is 2. The maximum absolute atomic E-state index is 13.7. The Morgan fingerprint density at radius 2 is 1.82 bits per heavy atom. The Kier molecular flexibility index (Phi) is 7.24. The van der Waals surface area contributed by atoms with Crippen LogP contribution < -0.4 is 20.5 Å². The van der Waals surface area contributed by atoms with E-state index in [0.717, 1.165) is 11.3 Å². The summed E-state index contributed by atoms with van der Waals surface area (Å²) in [5.74, 6) is 0.00965. The molecule has 3 aromatic heterocycles. The van der Waals surface area contributed by atoms with Crippen LogP contribution in [-0.2, 0) is 6.61 Å². The first-order chi connectivity index (χ1) is 18.8. The van der Waals surface area contributed by atoms with Crippen LogP contribution in [0.4, 0.5) is 14.5 Å². The van der Waals surface area contributed by atoms with Crippen LogP contribution in [-0.4, -0.2) is 23.9 Å². The smallest absolute Gasteiger partial charge is 0.291 e. The highest BCUT2D eigenvalue weighted by molar-refractivity contribution is 7.21. The number of amides is 2. The van der Waals surface area contributed by atoms with Crippen LogP contribution in [0.25, 0.3) is 21.3 Å². The molecule has 0 bridgehead atoms. The van der Waals surface area contributed by atoms with Gasteiger partial charge in [-0.2, -0.15) is 0 Å². The van der Waals surface area contributed by atoms with Gasteiger partial charge in [0.25, 0.3) is 18.2 Å². The van der Waals surface area contributed by atoms with E-state index in [0.29, 0.717) is 33.8 Å². The Morgan fingerprint density at radius 1 is 1.05 bits per heavy atom. The maximum Gasteiger partial charge on any atom is 0.291 e. The molecule has 2 amide bonds. The maximum atomic E-state index is 13.7. The number of fused-ring (bicyclic) bond motifs is 1. The van der Waals surface area contributed by atoms with E-state index in [2.05, 4.69) is 10.3 Å². The van der Waals surface area contributed by atoms with Crippen molar-refractivity contribution < 1.29 is 32.3 Å². The number of ether oxygens (including phenoxy) is 2. The average Bonchev–Trinajstić information content (AvgIpc) is 3.57. The van der Waals surface area contributed by atoms with E-state index < -0.39 is 23.9 Å². The van der Waals surface area contributed by atoms with Gasteiger partial charge in [0, 0.05) is 11.5 Å². The number of thiophene rings is 1. The first kappa shape index (κ1) is 25.9. The predicted octanol–water partition coefficient (Wildman–Crippen LogP) is 6.43. The Labute approximate surface area is 225 Å². The van der Waals surface area contributed by atoms with Gasteiger partial charge < -0.3 is 24.9 Å². The third kappa shape index (κ3) is 5.43. The minimum Gasteiger partial charge on any atom is -0.497 e. The number of alkyl halides is 2. The van der Waals surface area contributed by atoms with E-state index in [1.165, 1.54) is 12.1 Å². The first-order valence-corrected chi connectivity index (χ1v) is 12.4. The topological polar surface area (TPSA) is 117 Å². The monoisotopic (exact) mass is 549 g/mol. The SMILES string of the molecule is COc1cccc(OCc2ccc(C(=O)Nc3c(C(N)=O)sc4nc(C(F)F)cc(-c5ccccc5)c34)o2)c1. The lowest BCUT2D eigenvalue weighted by Gasteiger charge is -2.10. The number of hydrogen-bond donors (Lipinski definition) is 2. The summed E-state index contributed by atoms with van der Waals surface area (Å²) < 4.78 is 43.8. The molecule has 2 aromatic carbocycles. The third-order valence-corrected chi connectivity index (χ3v) is 6.86. The van der Waals surface area contributed by atoms with Crippen LogP contribution >= 0.6 is 11.3 Å².